The Kier molecular flexibility index (Phi) is 7.01. The van der Waals surface area contributed by atoms with Crippen molar-refractivity contribution in [2.24, 2.45) is 0 Å². The molecule has 1 heterocycles. The molecule has 3 aromatic rings. The van der Waals surface area contributed by atoms with Gasteiger partial charge in [-0.1, -0.05) is 23.9 Å². The smallest absolute Gasteiger partial charge is 0.325 e. The third kappa shape index (κ3) is 6.47. The van der Waals surface area contributed by atoms with Gasteiger partial charge in [-0.25, -0.2) is 0 Å². The number of aromatic nitrogens is 2. The third-order valence-corrected chi connectivity index (χ3v) is 5.59. The number of rotatable bonds is 5. The topological polar surface area (TPSA) is 54.9 Å². The fraction of sp³-hybridized carbons (Fsp3) is 0.227. The Bertz CT molecular complexity index is 1130. The molecule has 0 radical (unpaired) electrons. The first-order valence-electron chi connectivity index (χ1n) is 9.46. The number of anilines is 1. The van der Waals surface area contributed by atoms with Crippen LogP contribution in [-0.2, 0) is 17.1 Å². The van der Waals surface area contributed by atoms with Gasteiger partial charge in [-0.2, -0.15) is 26.3 Å². The monoisotopic (exact) mass is 485 g/mol. The fourth-order valence-electron chi connectivity index (χ4n) is 2.82. The quantitative estimate of drug-likeness (QED) is 0.330. The maximum Gasteiger partial charge on any atom is 0.416 e. The number of thioether (sulfide) groups is 1. The lowest BCUT2D eigenvalue weighted by atomic mass is 10.0. The van der Waals surface area contributed by atoms with Crippen molar-refractivity contribution in [2.75, 3.05) is 11.1 Å². The van der Waals surface area contributed by atoms with E-state index in [4.69, 9.17) is 0 Å². The van der Waals surface area contributed by atoms with E-state index in [-0.39, 0.29) is 11.8 Å². The lowest BCUT2D eigenvalue weighted by Gasteiger charge is -2.14. The van der Waals surface area contributed by atoms with Crippen LogP contribution in [-0.4, -0.2) is 21.9 Å². The molecule has 1 amide bonds. The van der Waals surface area contributed by atoms with Crippen molar-refractivity contribution >= 4 is 23.4 Å². The molecule has 0 aliphatic carbocycles. The summed E-state index contributed by atoms with van der Waals surface area (Å²) in [6, 6.07) is 10.1. The van der Waals surface area contributed by atoms with Gasteiger partial charge in [0.05, 0.1) is 22.6 Å². The van der Waals surface area contributed by atoms with Crippen LogP contribution in [0.25, 0.3) is 11.3 Å². The van der Waals surface area contributed by atoms with Crippen LogP contribution in [0.3, 0.4) is 0 Å². The summed E-state index contributed by atoms with van der Waals surface area (Å²) in [6.07, 6.45) is -9.99. The largest absolute Gasteiger partial charge is 0.416 e. The predicted octanol–water partition coefficient (Wildman–Crippen LogP) is 6.53. The van der Waals surface area contributed by atoms with E-state index in [1.807, 2.05) is 32.0 Å². The molecule has 2 aromatic carbocycles. The normalized spacial score (nSPS) is 12.0. The molecule has 0 saturated carbocycles. The van der Waals surface area contributed by atoms with Crippen molar-refractivity contribution in [3.05, 3.63) is 70.8 Å². The summed E-state index contributed by atoms with van der Waals surface area (Å²) in [7, 11) is 0. The summed E-state index contributed by atoms with van der Waals surface area (Å²) >= 11 is 0.947. The average Bonchev–Trinajstić information content (AvgIpc) is 2.73. The first-order valence-corrected chi connectivity index (χ1v) is 10.4. The highest BCUT2D eigenvalue weighted by Gasteiger charge is 2.37. The maximum atomic E-state index is 12.9. The Morgan fingerprint density at radius 1 is 0.848 bits per heavy atom. The second-order valence-corrected chi connectivity index (χ2v) is 8.18. The van der Waals surface area contributed by atoms with Crippen LogP contribution in [0, 0.1) is 13.8 Å². The SMILES string of the molecule is Cc1ccc(-c2ccc(SCC(=O)Nc3cc(C(F)(F)F)cc(C(F)(F)F)c3)nn2)cc1C. The van der Waals surface area contributed by atoms with E-state index in [1.165, 1.54) is 0 Å². The van der Waals surface area contributed by atoms with Crippen LogP contribution in [0.1, 0.15) is 22.3 Å². The van der Waals surface area contributed by atoms with E-state index >= 15 is 0 Å². The van der Waals surface area contributed by atoms with Crippen molar-refractivity contribution in [2.45, 2.75) is 31.2 Å². The second-order valence-electron chi connectivity index (χ2n) is 7.19. The summed E-state index contributed by atoms with van der Waals surface area (Å²) < 4.78 is 77.6. The number of aryl methyl sites for hydroxylation is 2. The number of carbonyl (C=O) groups is 1. The van der Waals surface area contributed by atoms with Crippen LogP contribution in [0.15, 0.2) is 53.6 Å². The number of nitrogens with one attached hydrogen (secondary N) is 1. The molecule has 0 spiro atoms. The first-order chi connectivity index (χ1) is 15.3. The Morgan fingerprint density at radius 3 is 2.00 bits per heavy atom. The van der Waals surface area contributed by atoms with Gasteiger partial charge in [0.2, 0.25) is 5.91 Å². The number of alkyl halides is 6. The van der Waals surface area contributed by atoms with Crippen LogP contribution in [0.5, 0.6) is 0 Å². The van der Waals surface area contributed by atoms with Crippen molar-refractivity contribution in [1.82, 2.24) is 10.2 Å². The van der Waals surface area contributed by atoms with Gasteiger partial charge in [0.1, 0.15) is 5.03 Å². The highest BCUT2D eigenvalue weighted by Crippen LogP contribution is 2.37. The minimum absolute atomic E-state index is 0.00289. The van der Waals surface area contributed by atoms with E-state index in [2.05, 4.69) is 15.5 Å². The Labute approximate surface area is 189 Å². The van der Waals surface area contributed by atoms with Gasteiger partial charge in [0.25, 0.3) is 0 Å². The highest BCUT2D eigenvalue weighted by molar-refractivity contribution is 7.99. The van der Waals surface area contributed by atoms with Crippen LogP contribution in [0.4, 0.5) is 32.0 Å². The fourth-order valence-corrected chi connectivity index (χ4v) is 3.43. The van der Waals surface area contributed by atoms with E-state index in [9.17, 15) is 31.1 Å². The summed E-state index contributed by atoms with van der Waals surface area (Å²) in [5.74, 6) is -1.07. The zero-order chi connectivity index (χ0) is 24.4. The second kappa shape index (κ2) is 9.42. The molecule has 11 heteroatoms. The minimum Gasteiger partial charge on any atom is -0.325 e. The number of benzene rings is 2. The van der Waals surface area contributed by atoms with Crippen molar-refractivity contribution in [3.63, 3.8) is 0 Å². The molecule has 0 fully saturated rings. The summed E-state index contributed by atoms with van der Waals surface area (Å²) in [4.78, 5) is 12.1. The van der Waals surface area contributed by atoms with Gasteiger partial charge < -0.3 is 5.32 Å². The standard InChI is InChI=1S/C22H17F6N3OS/c1-12-3-4-14(7-13(12)2)18-5-6-20(31-30-18)33-11-19(32)29-17-9-15(21(23,24)25)8-16(10-17)22(26,27)28/h3-10H,11H2,1-2H3,(H,29,32). The van der Waals surface area contributed by atoms with Gasteiger partial charge in [-0.3, -0.25) is 4.79 Å². The highest BCUT2D eigenvalue weighted by atomic mass is 32.2. The zero-order valence-corrected chi connectivity index (χ0v) is 18.1. The Hall–Kier alpha value is -3.08. The molecule has 0 saturated heterocycles. The Morgan fingerprint density at radius 2 is 1.48 bits per heavy atom. The molecule has 0 aliphatic rings. The molecular weight excluding hydrogens is 468 g/mol. The summed E-state index contributed by atoms with van der Waals surface area (Å²) in [6.45, 7) is 3.95. The average molecular weight is 485 g/mol. The van der Waals surface area contributed by atoms with Gasteiger partial charge >= 0.3 is 12.4 Å². The van der Waals surface area contributed by atoms with Crippen LogP contribution >= 0.6 is 11.8 Å². The molecule has 0 unspecified atom stereocenters. The van der Waals surface area contributed by atoms with E-state index in [0.29, 0.717) is 22.9 Å². The number of hydrogen-bond donors (Lipinski definition) is 1. The number of amides is 1. The molecule has 174 valence electrons. The lowest BCUT2D eigenvalue weighted by Crippen LogP contribution is -2.17. The van der Waals surface area contributed by atoms with Gasteiger partial charge in [0.15, 0.2) is 0 Å². The van der Waals surface area contributed by atoms with Gasteiger partial charge in [0, 0.05) is 11.3 Å². The molecule has 0 atom stereocenters. The maximum absolute atomic E-state index is 12.9. The molecule has 0 bridgehead atoms. The van der Waals surface area contributed by atoms with Crippen LogP contribution in [0.2, 0.25) is 0 Å². The molecule has 4 nitrogen and oxygen atoms in total. The number of carbonyl (C=O) groups excluding carboxylic acids is 1. The van der Waals surface area contributed by atoms with Gasteiger partial charge in [-0.15, -0.1) is 10.2 Å². The molecule has 3 rings (SSSR count). The molecule has 33 heavy (non-hydrogen) atoms. The molecule has 1 aromatic heterocycles. The van der Waals surface area contributed by atoms with Gasteiger partial charge in [-0.05, 0) is 61.4 Å². The van der Waals surface area contributed by atoms with E-state index in [0.717, 1.165) is 28.5 Å². The zero-order valence-electron chi connectivity index (χ0n) is 17.3. The van der Waals surface area contributed by atoms with E-state index in [1.54, 1.807) is 12.1 Å². The van der Waals surface area contributed by atoms with Crippen LogP contribution < -0.4 is 5.32 Å². The first kappa shape index (κ1) is 24.6. The van der Waals surface area contributed by atoms with Crippen molar-refractivity contribution < 1.29 is 31.1 Å². The molecule has 0 aliphatic heterocycles. The van der Waals surface area contributed by atoms with Crippen molar-refractivity contribution in [3.8, 4) is 11.3 Å². The Balaban J connectivity index is 1.67. The van der Waals surface area contributed by atoms with E-state index < -0.39 is 35.1 Å². The summed E-state index contributed by atoms with van der Waals surface area (Å²) in [5, 5.41) is 10.6. The molecular formula is C22H17F6N3OS. The minimum atomic E-state index is -5.00. The van der Waals surface area contributed by atoms with Crippen molar-refractivity contribution in [1.29, 1.82) is 0 Å². The lowest BCUT2D eigenvalue weighted by molar-refractivity contribution is -0.143. The number of hydrogen-bond acceptors (Lipinski definition) is 4. The molecule has 1 N–H and O–H groups in total. The number of halogens is 6. The predicted molar refractivity (Wildman–Crippen MR) is 113 cm³/mol. The number of nitrogens with zero attached hydrogens (tertiary/aromatic N) is 2. The third-order valence-electron chi connectivity index (χ3n) is 4.67. The summed E-state index contributed by atoms with van der Waals surface area (Å²) in [5.41, 5.74) is 0.0984.